The molecule has 1 saturated heterocycles. The normalized spacial score (nSPS) is 25.1. The van der Waals surface area contributed by atoms with Gasteiger partial charge in [-0.2, -0.15) is 0 Å². The van der Waals surface area contributed by atoms with Crippen LogP contribution in [0.1, 0.15) is 59.8 Å². The zero-order valence-electron chi connectivity index (χ0n) is 11.1. The van der Waals surface area contributed by atoms with Crippen molar-refractivity contribution in [3.8, 4) is 0 Å². The molecule has 0 N–H and O–H groups in total. The number of unbranched alkanes of at least 4 members (excludes halogenated alkanes) is 2. The monoisotopic (exact) mass is 213 g/mol. The summed E-state index contributed by atoms with van der Waals surface area (Å²) >= 11 is 0. The maximum absolute atomic E-state index is 11.7. The van der Waals surface area contributed by atoms with E-state index in [2.05, 4.69) is 13.8 Å². The second kappa shape index (κ2) is 6.86. The van der Waals surface area contributed by atoms with Gasteiger partial charge < -0.3 is 4.90 Å². The molecule has 1 aliphatic heterocycles. The molecule has 0 aromatic rings. The molecule has 0 radical (unpaired) electrons. The topological polar surface area (TPSA) is 20.3 Å². The summed E-state index contributed by atoms with van der Waals surface area (Å²) in [5.74, 6) is 0.351. The van der Waals surface area contributed by atoms with Crippen molar-refractivity contribution in [2.24, 2.45) is 5.41 Å². The largest absolute Gasteiger partial charge is 0.345 e. The number of amides is 1. The standard InChI is InChI=1S/C11H21NO.C2H6/c1-4-5-6-7-11(2)8-9-12(3)10(11)13;1-2/h4-9H2,1-3H3;1-2H3. The average Bonchev–Trinajstić information content (AvgIpc) is 2.51. The molecule has 0 spiro atoms. The van der Waals surface area contributed by atoms with E-state index < -0.39 is 0 Å². The molecule has 2 heteroatoms. The summed E-state index contributed by atoms with van der Waals surface area (Å²) in [4.78, 5) is 13.6. The first-order valence-electron chi connectivity index (χ1n) is 6.36. The number of likely N-dealkylation sites (tertiary alicyclic amines) is 1. The fourth-order valence-corrected chi connectivity index (χ4v) is 2.08. The highest BCUT2D eigenvalue weighted by Crippen LogP contribution is 2.35. The van der Waals surface area contributed by atoms with Gasteiger partial charge in [-0.25, -0.2) is 0 Å². The smallest absolute Gasteiger partial charge is 0.228 e. The fraction of sp³-hybridized carbons (Fsp3) is 0.923. The van der Waals surface area contributed by atoms with E-state index in [0.29, 0.717) is 5.91 Å². The SMILES string of the molecule is CC.CCCCCC1(C)CCN(C)C1=O. The van der Waals surface area contributed by atoms with Crippen molar-refractivity contribution in [2.45, 2.75) is 59.8 Å². The van der Waals surface area contributed by atoms with Gasteiger partial charge in [0.15, 0.2) is 0 Å². The molecule has 0 saturated carbocycles. The van der Waals surface area contributed by atoms with Gasteiger partial charge in [-0.3, -0.25) is 4.79 Å². The van der Waals surface area contributed by atoms with E-state index in [1.165, 1.54) is 19.3 Å². The first-order valence-corrected chi connectivity index (χ1v) is 6.36. The summed E-state index contributed by atoms with van der Waals surface area (Å²) in [6.45, 7) is 9.26. The third kappa shape index (κ3) is 3.84. The highest BCUT2D eigenvalue weighted by molar-refractivity contribution is 5.84. The zero-order valence-corrected chi connectivity index (χ0v) is 11.1. The predicted octanol–water partition coefficient (Wildman–Crippen LogP) is 3.46. The Hall–Kier alpha value is -0.530. The first-order chi connectivity index (χ1) is 7.10. The molecule has 1 fully saturated rings. The molecule has 1 atom stereocenters. The second-order valence-corrected chi connectivity index (χ2v) is 4.49. The van der Waals surface area contributed by atoms with Crippen molar-refractivity contribution in [1.29, 1.82) is 0 Å². The summed E-state index contributed by atoms with van der Waals surface area (Å²) in [7, 11) is 1.91. The summed E-state index contributed by atoms with van der Waals surface area (Å²) in [5, 5.41) is 0. The number of rotatable bonds is 4. The van der Waals surface area contributed by atoms with Gasteiger partial charge in [-0.15, -0.1) is 0 Å². The molecule has 0 bridgehead atoms. The minimum Gasteiger partial charge on any atom is -0.345 e. The van der Waals surface area contributed by atoms with Crippen LogP contribution in [0.15, 0.2) is 0 Å². The molecule has 1 rings (SSSR count). The van der Waals surface area contributed by atoms with Gasteiger partial charge in [0.2, 0.25) is 5.91 Å². The van der Waals surface area contributed by atoms with E-state index in [4.69, 9.17) is 0 Å². The number of nitrogens with zero attached hydrogens (tertiary/aromatic N) is 1. The van der Waals surface area contributed by atoms with Crippen LogP contribution in [-0.2, 0) is 4.79 Å². The van der Waals surface area contributed by atoms with E-state index >= 15 is 0 Å². The van der Waals surface area contributed by atoms with Crippen LogP contribution in [0, 0.1) is 5.41 Å². The van der Waals surface area contributed by atoms with E-state index in [9.17, 15) is 4.79 Å². The summed E-state index contributed by atoms with van der Waals surface area (Å²) in [6.07, 6.45) is 5.81. The number of hydrogen-bond acceptors (Lipinski definition) is 1. The van der Waals surface area contributed by atoms with Gasteiger partial charge in [-0.05, 0) is 12.8 Å². The van der Waals surface area contributed by atoms with Crippen molar-refractivity contribution in [3.63, 3.8) is 0 Å². The Kier molecular flexibility index (Phi) is 6.62. The van der Waals surface area contributed by atoms with Crippen molar-refractivity contribution in [1.82, 2.24) is 4.90 Å². The van der Waals surface area contributed by atoms with E-state index in [1.807, 2.05) is 25.8 Å². The minimum absolute atomic E-state index is 0.0378. The van der Waals surface area contributed by atoms with E-state index in [0.717, 1.165) is 19.4 Å². The van der Waals surface area contributed by atoms with Crippen LogP contribution in [0.4, 0.5) is 0 Å². The maximum atomic E-state index is 11.7. The predicted molar refractivity (Wildman–Crippen MR) is 65.9 cm³/mol. The molecule has 1 unspecified atom stereocenters. The lowest BCUT2D eigenvalue weighted by Gasteiger charge is -2.21. The fourth-order valence-electron chi connectivity index (χ4n) is 2.08. The van der Waals surface area contributed by atoms with Gasteiger partial charge in [-0.1, -0.05) is 47.0 Å². The molecule has 1 heterocycles. The van der Waals surface area contributed by atoms with Crippen molar-refractivity contribution < 1.29 is 4.79 Å². The van der Waals surface area contributed by atoms with Crippen LogP contribution in [0.2, 0.25) is 0 Å². The van der Waals surface area contributed by atoms with Crippen LogP contribution >= 0.6 is 0 Å². The Morgan fingerprint density at radius 2 is 1.93 bits per heavy atom. The Labute approximate surface area is 95.0 Å². The molecule has 0 aromatic heterocycles. The Balaban J connectivity index is 0.000000921. The lowest BCUT2D eigenvalue weighted by Crippen LogP contribution is -2.29. The molecule has 1 aliphatic rings. The average molecular weight is 213 g/mol. The molecule has 2 nitrogen and oxygen atoms in total. The number of carbonyl (C=O) groups is 1. The quantitative estimate of drug-likeness (QED) is 0.655. The van der Waals surface area contributed by atoms with Crippen LogP contribution in [0.25, 0.3) is 0 Å². The van der Waals surface area contributed by atoms with Crippen molar-refractivity contribution >= 4 is 5.91 Å². The zero-order chi connectivity index (χ0) is 11.9. The Morgan fingerprint density at radius 3 is 2.33 bits per heavy atom. The van der Waals surface area contributed by atoms with E-state index in [-0.39, 0.29) is 5.41 Å². The van der Waals surface area contributed by atoms with Crippen LogP contribution in [0.5, 0.6) is 0 Å². The third-order valence-electron chi connectivity index (χ3n) is 3.19. The van der Waals surface area contributed by atoms with Gasteiger partial charge in [0, 0.05) is 19.0 Å². The Morgan fingerprint density at radius 1 is 1.33 bits per heavy atom. The van der Waals surface area contributed by atoms with Gasteiger partial charge in [0.05, 0.1) is 0 Å². The van der Waals surface area contributed by atoms with Crippen LogP contribution in [-0.4, -0.2) is 24.4 Å². The second-order valence-electron chi connectivity index (χ2n) is 4.49. The highest BCUT2D eigenvalue weighted by Gasteiger charge is 2.40. The highest BCUT2D eigenvalue weighted by atomic mass is 16.2. The van der Waals surface area contributed by atoms with E-state index in [1.54, 1.807) is 0 Å². The lowest BCUT2D eigenvalue weighted by atomic mass is 9.83. The third-order valence-corrected chi connectivity index (χ3v) is 3.19. The number of carbonyl (C=O) groups excluding carboxylic acids is 1. The molecular weight excluding hydrogens is 186 g/mol. The molecule has 15 heavy (non-hydrogen) atoms. The number of hydrogen-bond donors (Lipinski definition) is 0. The van der Waals surface area contributed by atoms with Gasteiger partial charge in [0.25, 0.3) is 0 Å². The minimum atomic E-state index is -0.0378. The van der Waals surface area contributed by atoms with Crippen molar-refractivity contribution in [2.75, 3.05) is 13.6 Å². The van der Waals surface area contributed by atoms with Crippen LogP contribution < -0.4 is 0 Å². The first kappa shape index (κ1) is 14.5. The van der Waals surface area contributed by atoms with Gasteiger partial charge >= 0.3 is 0 Å². The Bertz CT molecular complexity index is 191. The molecule has 0 aliphatic carbocycles. The van der Waals surface area contributed by atoms with Gasteiger partial charge in [0.1, 0.15) is 0 Å². The molecule has 90 valence electrons. The maximum Gasteiger partial charge on any atom is 0.228 e. The summed E-state index contributed by atoms with van der Waals surface area (Å²) in [6, 6.07) is 0. The molecule has 1 amide bonds. The summed E-state index contributed by atoms with van der Waals surface area (Å²) < 4.78 is 0. The summed E-state index contributed by atoms with van der Waals surface area (Å²) in [5.41, 5.74) is -0.0378. The molecule has 0 aromatic carbocycles. The van der Waals surface area contributed by atoms with Crippen molar-refractivity contribution in [3.05, 3.63) is 0 Å². The van der Waals surface area contributed by atoms with Crippen LogP contribution in [0.3, 0.4) is 0 Å². The molecular formula is C13H27NO. The lowest BCUT2D eigenvalue weighted by molar-refractivity contribution is -0.134.